The number of aromatic hydroxyl groups is 1. The van der Waals surface area contributed by atoms with Crippen LogP contribution < -0.4 is 65.1 Å². The number of thioether (sulfide) groups is 1. The Balaban J connectivity index is 3.24. The van der Waals surface area contributed by atoms with Crippen LogP contribution in [0.15, 0.2) is 24.3 Å². The summed E-state index contributed by atoms with van der Waals surface area (Å²) in [6, 6.07) is -5.44. The van der Waals surface area contributed by atoms with Gasteiger partial charge in [-0.1, -0.05) is 26.0 Å². The van der Waals surface area contributed by atoms with Crippen molar-refractivity contribution in [1.82, 2.24) is 47.9 Å². The molecule has 27 nitrogen and oxygen atoms in total. The Labute approximate surface area is 427 Å². The predicted octanol–water partition coefficient (Wildman–Crippen LogP) is -5.99. The van der Waals surface area contributed by atoms with Crippen molar-refractivity contribution < 1.29 is 73.5 Å². The fourth-order valence-electron chi connectivity index (χ4n) is 6.67. The summed E-state index contributed by atoms with van der Waals surface area (Å²) in [4.78, 5) is 131. The third kappa shape index (κ3) is 24.9. The van der Waals surface area contributed by atoms with E-state index < -0.39 is 146 Å². The summed E-state index contributed by atoms with van der Waals surface area (Å²) >= 11 is 1.34. The number of hydrogen-bond donors (Lipinski definition) is 17. The van der Waals surface area contributed by atoms with Gasteiger partial charge in [-0.05, 0) is 101 Å². The van der Waals surface area contributed by atoms with E-state index in [1.54, 1.807) is 20.1 Å². The van der Waals surface area contributed by atoms with Gasteiger partial charge in [0.2, 0.25) is 53.2 Å². The number of aliphatic carboxylic acids is 1. The summed E-state index contributed by atoms with van der Waals surface area (Å²) in [7, 11) is 0. The largest absolute Gasteiger partial charge is 0.508 e. The van der Waals surface area contributed by atoms with Gasteiger partial charge in [0.15, 0.2) is 0 Å². The van der Waals surface area contributed by atoms with Gasteiger partial charge in [-0.25, -0.2) is 4.79 Å². The highest BCUT2D eigenvalue weighted by Gasteiger charge is 2.35. The van der Waals surface area contributed by atoms with Gasteiger partial charge < -0.3 is 90.6 Å². The number of benzene rings is 1. The molecule has 20 N–H and O–H groups in total. The molecule has 1 aromatic carbocycles. The second-order valence-electron chi connectivity index (χ2n) is 17.3. The third-order valence-electron chi connectivity index (χ3n) is 10.9. The van der Waals surface area contributed by atoms with Gasteiger partial charge in [-0.3, -0.25) is 43.2 Å². The first-order valence-corrected chi connectivity index (χ1v) is 25.1. The molecule has 9 atom stereocenters. The summed E-state index contributed by atoms with van der Waals surface area (Å²) in [5.41, 5.74) is 17.1. The summed E-state index contributed by atoms with van der Waals surface area (Å²) in [5.74, 6) is -9.74. The van der Waals surface area contributed by atoms with Crippen LogP contribution in [0.5, 0.6) is 5.75 Å². The normalized spacial score (nSPS) is 14.8. The van der Waals surface area contributed by atoms with Crippen molar-refractivity contribution in [3.63, 3.8) is 0 Å². The molecule has 0 aromatic heterocycles. The summed E-state index contributed by atoms with van der Waals surface area (Å²) < 4.78 is 0. The molecule has 9 amide bonds. The van der Waals surface area contributed by atoms with E-state index in [-0.39, 0.29) is 38.0 Å². The van der Waals surface area contributed by atoms with Crippen molar-refractivity contribution >= 4 is 70.9 Å². The molecule has 0 saturated carbocycles. The number of aliphatic hydroxyl groups excluding tert-OH is 3. The van der Waals surface area contributed by atoms with Crippen LogP contribution >= 0.6 is 11.8 Å². The lowest BCUT2D eigenvalue weighted by atomic mass is 9.99. The van der Waals surface area contributed by atoms with Crippen molar-refractivity contribution in [2.24, 2.45) is 23.1 Å². The van der Waals surface area contributed by atoms with Crippen molar-refractivity contribution in [3.8, 4) is 5.75 Å². The number of phenols is 1. The lowest BCUT2D eigenvalue weighted by Crippen LogP contribution is -2.60. The Morgan fingerprint density at radius 2 is 1.05 bits per heavy atom. The maximum atomic E-state index is 14.2. The third-order valence-corrected chi connectivity index (χ3v) is 11.6. The second kappa shape index (κ2) is 35.1. The summed E-state index contributed by atoms with van der Waals surface area (Å²) in [5, 5.41) is 70.3. The molecule has 1 rings (SSSR count). The van der Waals surface area contributed by atoms with E-state index in [0.29, 0.717) is 43.5 Å². The summed E-state index contributed by atoms with van der Waals surface area (Å²) in [6.45, 7) is 1.79. The number of hydrogen-bond acceptors (Lipinski definition) is 18. The number of carbonyl (C=O) groups excluding carboxylic acids is 9. The molecule has 0 spiro atoms. The quantitative estimate of drug-likeness (QED) is 0.0278. The molecule has 0 bridgehead atoms. The van der Waals surface area contributed by atoms with E-state index >= 15 is 0 Å². The monoisotopic (exact) mass is 1060 g/mol. The lowest BCUT2D eigenvalue weighted by molar-refractivity contribution is -0.143. The zero-order chi connectivity index (χ0) is 55.2. The Morgan fingerprint density at radius 1 is 0.562 bits per heavy atom. The minimum atomic E-state index is -1.66. The van der Waals surface area contributed by atoms with E-state index in [0.717, 1.165) is 0 Å². The molecule has 412 valence electrons. The fraction of sp³-hybridized carbons (Fsp3) is 0.644. The van der Waals surface area contributed by atoms with E-state index in [1.807, 2.05) is 0 Å². The van der Waals surface area contributed by atoms with Gasteiger partial charge in [0.25, 0.3) is 0 Å². The van der Waals surface area contributed by atoms with Crippen molar-refractivity contribution in [2.75, 3.05) is 51.4 Å². The van der Waals surface area contributed by atoms with Crippen LogP contribution in [0, 0.1) is 5.92 Å². The molecular formula is C45H76N12O15S. The maximum absolute atomic E-state index is 14.2. The average molecular weight is 1060 g/mol. The van der Waals surface area contributed by atoms with Gasteiger partial charge >= 0.3 is 5.97 Å². The summed E-state index contributed by atoms with van der Waals surface area (Å²) in [6.07, 6.45) is 1.91. The van der Waals surface area contributed by atoms with Crippen LogP contribution in [0.2, 0.25) is 0 Å². The Hall–Kier alpha value is -6.17. The van der Waals surface area contributed by atoms with Crippen LogP contribution in [0.4, 0.5) is 0 Å². The smallest absolute Gasteiger partial charge is 0.326 e. The van der Waals surface area contributed by atoms with Crippen LogP contribution in [-0.2, 0) is 54.4 Å². The number of carbonyl (C=O) groups is 10. The van der Waals surface area contributed by atoms with Crippen molar-refractivity contribution in [3.05, 3.63) is 29.8 Å². The molecule has 28 heteroatoms. The first-order chi connectivity index (χ1) is 34.5. The van der Waals surface area contributed by atoms with Gasteiger partial charge in [0.05, 0.1) is 32.4 Å². The van der Waals surface area contributed by atoms with Gasteiger partial charge in [0.1, 0.15) is 54.1 Å². The van der Waals surface area contributed by atoms with Gasteiger partial charge in [0, 0.05) is 6.42 Å². The van der Waals surface area contributed by atoms with Crippen molar-refractivity contribution in [2.45, 2.75) is 127 Å². The highest BCUT2D eigenvalue weighted by molar-refractivity contribution is 7.98. The van der Waals surface area contributed by atoms with Crippen LogP contribution in [0.1, 0.15) is 71.3 Å². The number of nitrogens with two attached hydrogens (primary N) is 3. The Bertz CT molecular complexity index is 1970. The minimum Gasteiger partial charge on any atom is -0.508 e. The highest BCUT2D eigenvalue weighted by atomic mass is 32.2. The highest BCUT2D eigenvalue weighted by Crippen LogP contribution is 2.14. The lowest BCUT2D eigenvalue weighted by Gasteiger charge is -2.28. The molecule has 0 fully saturated rings. The number of aliphatic hydroxyl groups is 3. The first kappa shape index (κ1) is 64.8. The van der Waals surface area contributed by atoms with Gasteiger partial charge in [-0.2, -0.15) is 11.8 Å². The molecule has 0 aliphatic carbocycles. The molecule has 0 aliphatic heterocycles. The Kier molecular flexibility index (Phi) is 31.1. The van der Waals surface area contributed by atoms with Crippen LogP contribution in [0.25, 0.3) is 0 Å². The first-order valence-electron chi connectivity index (χ1n) is 23.7. The number of nitrogens with one attached hydrogen (secondary N) is 9. The SMILES string of the molecule is CSCC[C@H](NC(=O)[C@H](CCCCN)NC(=O)[C@H](CO)NC(=O)CNC(=O)CNC(=O)[C@@H](NC(=O)[C@@H](N)CO)[C@@H](C)O)C(=O)N[C@@H](Cc1ccc(O)cc1)C(=O)N[C@H](C(=O)N[C@@H](CCCCN)C(=O)O)C(C)C. The minimum absolute atomic E-state index is 0.0202. The Morgan fingerprint density at radius 3 is 1.56 bits per heavy atom. The molecule has 0 radical (unpaired) electrons. The standard InChI is InChI=1S/C45H76N12O15S/c1-24(2)36(44(70)54-31(45(71)72)10-6-8-17-47)56-41(67)32(19-26-11-13-27(61)14-12-26)55-40(66)30(15-18-73-4)53-39(65)29(9-5-7-16-46)52-42(68)33(23-59)51-35(63)21-49-34(62)20-50-43(69)37(25(3)60)57-38(64)28(48)22-58/h11-14,24-25,28-33,36-37,58-61H,5-10,15-23,46-48H2,1-4H3,(H,49,62)(H,50,69)(H,51,63)(H,52,68)(H,53,65)(H,54,70)(H,55,66)(H,56,67)(H,57,64)(H,71,72)/t25-,28+,29+,30+,31+,32+,33+,36+,37+/m1/s1. The van der Waals surface area contributed by atoms with E-state index in [9.17, 15) is 68.4 Å². The van der Waals surface area contributed by atoms with Gasteiger partial charge in [-0.15, -0.1) is 0 Å². The molecule has 1 aromatic rings. The second-order valence-corrected chi connectivity index (χ2v) is 18.3. The van der Waals surface area contributed by atoms with E-state index in [4.69, 9.17) is 22.3 Å². The molecule has 0 heterocycles. The van der Waals surface area contributed by atoms with Crippen molar-refractivity contribution in [1.29, 1.82) is 0 Å². The number of carboxylic acid groups (broad SMARTS) is 1. The predicted molar refractivity (Wildman–Crippen MR) is 266 cm³/mol. The van der Waals surface area contributed by atoms with E-state index in [2.05, 4.69) is 47.9 Å². The number of carboxylic acids is 1. The van der Waals surface area contributed by atoms with Crippen LogP contribution in [-0.4, -0.2) is 191 Å². The molecular weight excluding hydrogens is 981 g/mol. The zero-order valence-corrected chi connectivity index (χ0v) is 42.5. The topological polar surface area (TPSA) is 458 Å². The maximum Gasteiger partial charge on any atom is 0.326 e. The fourth-order valence-corrected chi connectivity index (χ4v) is 7.14. The number of phenolic OH excluding ortho intramolecular Hbond substituents is 1. The zero-order valence-electron chi connectivity index (χ0n) is 41.6. The molecule has 0 aliphatic rings. The average Bonchev–Trinajstić information content (AvgIpc) is 3.35. The molecule has 73 heavy (non-hydrogen) atoms. The van der Waals surface area contributed by atoms with E-state index in [1.165, 1.54) is 43.0 Å². The molecule has 0 saturated heterocycles. The molecule has 0 unspecified atom stereocenters. The number of amides is 9. The number of rotatable bonds is 36. The van der Waals surface area contributed by atoms with Crippen LogP contribution in [0.3, 0.4) is 0 Å². The number of unbranched alkanes of at least 4 members (excludes halogenated alkanes) is 2.